The Bertz CT molecular complexity index is 158. The van der Waals surface area contributed by atoms with Crippen molar-refractivity contribution in [3.8, 4) is 0 Å². The third-order valence-electron chi connectivity index (χ3n) is 2.26. The molecule has 1 aliphatic heterocycles. The molecule has 0 aromatic heterocycles. The minimum absolute atomic E-state index is 0.217. The first-order valence-electron chi connectivity index (χ1n) is 4.82. The van der Waals surface area contributed by atoms with Crippen LogP contribution in [0, 0.1) is 5.92 Å². The molecule has 0 bridgehead atoms. The Labute approximate surface area is 84.0 Å². The number of hydrogen-bond acceptors (Lipinski definition) is 3. The number of amides is 1. The van der Waals surface area contributed by atoms with Gasteiger partial charge in [-0.05, 0) is 31.4 Å². The highest BCUT2D eigenvalue weighted by Gasteiger charge is 2.21. The lowest BCUT2D eigenvalue weighted by Crippen LogP contribution is -2.32. The molecule has 2 N–H and O–H groups in total. The second-order valence-electron chi connectivity index (χ2n) is 3.33. The first-order chi connectivity index (χ1) is 6.34. The Morgan fingerprint density at radius 3 is 3.15 bits per heavy atom. The molecule has 0 spiro atoms. The summed E-state index contributed by atoms with van der Waals surface area (Å²) in [7, 11) is 0. The van der Waals surface area contributed by atoms with E-state index in [1.165, 1.54) is 0 Å². The van der Waals surface area contributed by atoms with Crippen LogP contribution in [0.4, 0.5) is 0 Å². The second-order valence-corrected chi connectivity index (χ2v) is 4.31. The van der Waals surface area contributed by atoms with Crippen molar-refractivity contribution in [1.29, 1.82) is 0 Å². The molecule has 0 saturated carbocycles. The maximum atomic E-state index is 11.5. The number of hydrogen-bond donors (Lipinski definition) is 2. The van der Waals surface area contributed by atoms with Crippen LogP contribution >= 0.6 is 11.8 Å². The van der Waals surface area contributed by atoms with Gasteiger partial charge < -0.3 is 10.6 Å². The van der Waals surface area contributed by atoms with E-state index in [-0.39, 0.29) is 11.8 Å². The summed E-state index contributed by atoms with van der Waals surface area (Å²) in [6.07, 6.45) is 4.16. The van der Waals surface area contributed by atoms with Gasteiger partial charge in [0.15, 0.2) is 0 Å². The van der Waals surface area contributed by atoms with E-state index in [0.717, 1.165) is 38.2 Å². The third-order valence-corrected chi connectivity index (χ3v) is 2.95. The fourth-order valence-corrected chi connectivity index (χ4v) is 1.88. The Morgan fingerprint density at radius 2 is 2.54 bits per heavy atom. The zero-order valence-electron chi connectivity index (χ0n) is 8.14. The van der Waals surface area contributed by atoms with Gasteiger partial charge in [0.05, 0.1) is 5.92 Å². The molecule has 76 valence electrons. The number of carbonyl (C=O) groups excluding carboxylic acids is 1. The smallest absolute Gasteiger partial charge is 0.224 e. The predicted molar refractivity (Wildman–Crippen MR) is 57.0 cm³/mol. The van der Waals surface area contributed by atoms with Crippen LogP contribution in [-0.4, -0.2) is 37.6 Å². The van der Waals surface area contributed by atoms with E-state index in [1.807, 2.05) is 11.8 Å². The fourth-order valence-electron chi connectivity index (χ4n) is 1.45. The van der Waals surface area contributed by atoms with E-state index in [0.29, 0.717) is 0 Å². The van der Waals surface area contributed by atoms with Gasteiger partial charge in [-0.1, -0.05) is 0 Å². The summed E-state index contributed by atoms with van der Waals surface area (Å²) >= 11 is 1.82. The van der Waals surface area contributed by atoms with Gasteiger partial charge in [0.2, 0.25) is 5.91 Å². The molecular weight excluding hydrogens is 184 g/mol. The van der Waals surface area contributed by atoms with Crippen molar-refractivity contribution in [1.82, 2.24) is 10.6 Å². The molecule has 3 nitrogen and oxygen atoms in total. The average molecular weight is 202 g/mol. The average Bonchev–Trinajstić information content (AvgIpc) is 2.65. The lowest BCUT2D eigenvalue weighted by Gasteiger charge is -2.08. The van der Waals surface area contributed by atoms with Gasteiger partial charge in [0, 0.05) is 13.1 Å². The summed E-state index contributed by atoms with van der Waals surface area (Å²) in [5, 5.41) is 6.16. The minimum atomic E-state index is 0.217. The number of nitrogens with one attached hydrogen (secondary N) is 2. The molecule has 0 radical (unpaired) electrons. The quantitative estimate of drug-likeness (QED) is 0.637. The van der Waals surface area contributed by atoms with Gasteiger partial charge in [-0.25, -0.2) is 0 Å². The molecular formula is C9H18N2OS. The molecule has 1 atom stereocenters. The first-order valence-corrected chi connectivity index (χ1v) is 6.21. The van der Waals surface area contributed by atoms with Crippen LogP contribution < -0.4 is 10.6 Å². The highest BCUT2D eigenvalue weighted by Crippen LogP contribution is 2.06. The summed E-state index contributed by atoms with van der Waals surface area (Å²) in [5.74, 6) is 1.57. The zero-order valence-corrected chi connectivity index (χ0v) is 8.95. The van der Waals surface area contributed by atoms with Crippen LogP contribution in [0.5, 0.6) is 0 Å². The van der Waals surface area contributed by atoms with Crippen molar-refractivity contribution >= 4 is 17.7 Å². The van der Waals surface area contributed by atoms with E-state index in [1.54, 1.807) is 0 Å². The maximum absolute atomic E-state index is 11.5. The van der Waals surface area contributed by atoms with Gasteiger partial charge in [-0.3, -0.25) is 4.79 Å². The van der Waals surface area contributed by atoms with Crippen LogP contribution in [0.3, 0.4) is 0 Å². The van der Waals surface area contributed by atoms with Crippen molar-refractivity contribution in [3.63, 3.8) is 0 Å². The van der Waals surface area contributed by atoms with Crippen LogP contribution in [0.1, 0.15) is 12.8 Å². The Kier molecular flexibility index (Phi) is 5.23. The summed E-state index contributed by atoms with van der Waals surface area (Å²) in [6, 6.07) is 0. The summed E-state index contributed by atoms with van der Waals surface area (Å²) < 4.78 is 0. The standard InChI is InChI=1S/C9H18N2OS/c1-13-6-2-4-11-9(12)8-3-5-10-7-8/h8,10H,2-7H2,1H3,(H,11,12). The fraction of sp³-hybridized carbons (Fsp3) is 0.889. The van der Waals surface area contributed by atoms with E-state index >= 15 is 0 Å². The number of rotatable bonds is 5. The van der Waals surface area contributed by atoms with Crippen molar-refractivity contribution in [3.05, 3.63) is 0 Å². The lowest BCUT2D eigenvalue weighted by atomic mass is 10.1. The predicted octanol–water partition coefficient (Wildman–Crippen LogP) is 0.465. The molecule has 13 heavy (non-hydrogen) atoms. The van der Waals surface area contributed by atoms with Gasteiger partial charge >= 0.3 is 0 Å². The zero-order chi connectivity index (χ0) is 9.52. The van der Waals surface area contributed by atoms with Crippen LogP contribution in [0.2, 0.25) is 0 Å². The molecule has 1 fully saturated rings. The molecule has 1 heterocycles. The minimum Gasteiger partial charge on any atom is -0.356 e. The third kappa shape index (κ3) is 4.00. The SMILES string of the molecule is CSCCCNC(=O)C1CCNC1. The molecule has 1 rings (SSSR count). The van der Waals surface area contributed by atoms with Crippen LogP contribution in [-0.2, 0) is 4.79 Å². The maximum Gasteiger partial charge on any atom is 0.224 e. The van der Waals surface area contributed by atoms with Crippen molar-refractivity contribution < 1.29 is 4.79 Å². The summed E-state index contributed by atoms with van der Waals surface area (Å²) in [6.45, 7) is 2.67. The molecule has 0 aliphatic carbocycles. The van der Waals surface area contributed by atoms with Gasteiger partial charge in [0.1, 0.15) is 0 Å². The topological polar surface area (TPSA) is 41.1 Å². The molecule has 0 aromatic rings. The van der Waals surface area contributed by atoms with Crippen molar-refractivity contribution in [2.75, 3.05) is 31.6 Å². The first kappa shape index (κ1) is 10.9. The second kappa shape index (κ2) is 6.27. The Balaban J connectivity index is 2.03. The lowest BCUT2D eigenvalue weighted by molar-refractivity contribution is -0.124. The van der Waals surface area contributed by atoms with Gasteiger partial charge in [-0.2, -0.15) is 11.8 Å². The molecule has 1 saturated heterocycles. The van der Waals surface area contributed by atoms with E-state index in [4.69, 9.17) is 0 Å². The Hall–Kier alpha value is -0.220. The number of carbonyl (C=O) groups is 1. The van der Waals surface area contributed by atoms with Crippen molar-refractivity contribution in [2.24, 2.45) is 5.92 Å². The largest absolute Gasteiger partial charge is 0.356 e. The summed E-state index contributed by atoms with van der Waals surface area (Å²) in [4.78, 5) is 11.5. The molecule has 1 aliphatic rings. The normalized spacial score (nSPS) is 21.8. The highest BCUT2D eigenvalue weighted by molar-refractivity contribution is 7.98. The molecule has 4 heteroatoms. The molecule has 0 aromatic carbocycles. The summed E-state index contributed by atoms with van der Waals surface area (Å²) in [5.41, 5.74) is 0. The number of thioether (sulfide) groups is 1. The van der Waals surface area contributed by atoms with E-state index < -0.39 is 0 Å². The van der Waals surface area contributed by atoms with Crippen molar-refractivity contribution in [2.45, 2.75) is 12.8 Å². The van der Waals surface area contributed by atoms with Gasteiger partial charge in [-0.15, -0.1) is 0 Å². The molecule has 1 unspecified atom stereocenters. The van der Waals surface area contributed by atoms with Gasteiger partial charge in [0.25, 0.3) is 0 Å². The monoisotopic (exact) mass is 202 g/mol. The Morgan fingerprint density at radius 1 is 1.69 bits per heavy atom. The van der Waals surface area contributed by atoms with E-state index in [9.17, 15) is 4.79 Å². The van der Waals surface area contributed by atoms with Crippen LogP contribution in [0.25, 0.3) is 0 Å². The van der Waals surface area contributed by atoms with E-state index in [2.05, 4.69) is 16.9 Å². The highest BCUT2D eigenvalue weighted by atomic mass is 32.2. The van der Waals surface area contributed by atoms with Crippen LogP contribution in [0.15, 0.2) is 0 Å². The molecule has 1 amide bonds.